The molecule has 0 saturated heterocycles. The molecule has 4 N–H and O–H groups in total. The highest BCUT2D eigenvalue weighted by Gasteiger charge is 2.28. The maximum absolute atomic E-state index is 5.55. The lowest BCUT2D eigenvalue weighted by atomic mass is 10.0. The highest BCUT2D eigenvalue weighted by atomic mass is 32.2. The van der Waals surface area contributed by atoms with Crippen LogP contribution in [0.25, 0.3) is 0 Å². The first-order valence-electron chi connectivity index (χ1n) is 6.78. The molecule has 2 unspecified atom stereocenters. The molecule has 1 heterocycles. The quantitative estimate of drug-likeness (QED) is 0.569. The summed E-state index contributed by atoms with van der Waals surface area (Å²) in [5.41, 5.74) is 3.74. The van der Waals surface area contributed by atoms with Gasteiger partial charge in [0, 0.05) is 16.9 Å². The zero-order valence-corrected chi connectivity index (χ0v) is 12.6. The molecule has 0 spiro atoms. The van der Waals surface area contributed by atoms with Crippen molar-refractivity contribution in [2.45, 2.75) is 50.3 Å². The van der Waals surface area contributed by atoms with E-state index in [0.717, 1.165) is 11.4 Å². The average Bonchev–Trinajstić information content (AvgIpc) is 2.85. The number of nitrogens with zero attached hydrogens (tertiary/aromatic N) is 2. The average molecular weight is 281 g/mol. The third-order valence-electron chi connectivity index (χ3n) is 3.68. The van der Waals surface area contributed by atoms with Gasteiger partial charge in [0.1, 0.15) is 18.0 Å². The maximum Gasteiger partial charge on any atom is 0.148 e. The Morgan fingerprint density at radius 2 is 2.05 bits per heavy atom. The van der Waals surface area contributed by atoms with Crippen LogP contribution in [0.5, 0.6) is 0 Å². The van der Waals surface area contributed by atoms with Crippen molar-refractivity contribution in [1.82, 2.24) is 9.97 Å². The van der Waals surface area contributed by atoms with Crippen LogP contribution in [0.15, 0.2) is 6.33 Å². The Bertz CT molecular complexity index is 423. The van der Waals surface area contributed by atoms with Gasteiger partial charge in [-0.2, -0.15) is 11.8 Å². The van der Waals surface area contributed by atoms with E-state index >= 15 is 0 Å². The summed E-state index contributed by atoms with van der Waals surface area (Å²) in [6, 6.07) is 0.494. The van der Waals surface area contributed by atoms with Gasteiger partial charge >= 0.3 is 0 Å². The molecule has 6 heteroatoms. The van der Waals surface area contributed by atoms with Crippen LogP contribution in [0.4, 0.5) is 11.6 Å². The van der Waals surface area contributed by atoms with Crippen molar-refractivity contribution in [3.8, 4) is 0 Å². The van der Waals surface area contributed by atoms with E-state index in [0.29, 0.717) is 23.0 Å². The van der Waals surface area contributed by atoms with Crippen molar-refractivity contribution in [2.75, 3.05) is 17.0 Å². The lowest BCUT2D eigenvalue weighted by Gasteiger charge is -2.23. The molecule has 1 aliphatic rings. The number of thioether (sulfide) groups is 1. The summed E-state index contributed by atoms with van der Waals surface area (Å²) in [5.74, 6) is 7.50. The summed E-state index contributed by atoms with van der Waals surface area (Å²) in [5, 5.41) is 4.27. The first-order chi connectivity index (χ1) is 9.17. The van der Waals surface area contributed by atoms with Gasteiger partial charge in [0.2, 0.25) is 0 Å². The molecule has 5 nitrogen and oxygen atoms in total. The summed E-state index contributed by atoms with van der Waals surface area (Å²) in [7, 11) is 0. The predicted octanol–water partition coefficient (Wildman–Crippen LogP) is 2.58. The number of rotatable bonds is 5. The Kier molecular flexibility index (Phi) is 4.87. The van der Waals surface area contributed by atoms with Gasteiger partial charge in [0.15, 0.2) is 0 Å². The fourth-order valence-electron chi connectivity index (χ4n) is 2.72. The van der Waals surface area contributed by atoms with Crippen molar-refractivity contribution in [3.05, 3.63) is 11.9 Å². The number of nitrogens with one attached hydrogen (secondary N) is 2. The first-order valence-corrected chi connectivity index (χ1v) is 8.07. The third-order valence-corrected chi connectivity index (χ3v) is 4.85. The number of aromatic nitrogens is 2. The van der Waals surface area contributed by atoms with Crippen LogP contribution in [0.3, 0.4) is 0 Å². The van der Waals surface area contributed by atoms with Crippen LogP contribution in [0.2, 0.25) is 0 Å². The van der Waals surface area contributed by atoms with Gasteiger partial charge in [-0.1, -0.05) is 20.3 Å². The molecule has 19 heavy (non-hydrogen) atoms. The number of nitrogens with two attached hydrogens (primary N) is 1. The molecule has 0 aliphatic heterocycles. The molecule has 0 aromatic carbocycles. The van der Waals surface area contributed by atoms with Crippen LogP contribution >= 0.6 is 11.8 Å². The van der Waals surface area contributed by atoms with E-state index in [1.54, 1.807) is 6.33 Å². The maximum atomic E-state index is 5.55. The molecular weight excluding hydrogens is 258 g/mol. The minimum Gasteiger partial charge on any atom is -0.366 e. The van der Waals surface area contributed by atoms with E-state index in [1.807, 2.05) is 11.8 Å². The number of nitrogen functional groups attached to an aromatic ring is 1. The Morgan fingerprint density at radius 3 is 2.68 bits per heavy atom. The number of hydrogen-bond acceptors (Lipinski definition) is 6. The summed E-state index contributed by atoms with van der Waals surface area (Å²) in [6.07, 6.45) is 7.52. The molecule has 1 aromatic heterocycles. The smallest absolute Gasteiger partial charge is 0.148 e. The minimum absolute atomic E-state index is 0.323. The van der Waals surface area contributed by atoms with Crippen molar-refractivity contribution in [2.24, 2.45) is 5.84 Å². The fraction of sp³-hybridized carbons (Fsp3) is 0.692. The van der Waals surface area contributed by atoms with Crippen LogP contribution in [-0.4, -0.2) is 27.5 Å². The van der Waals surface area contributed by atoms with Crippen molar-refractivity contribution >= 4 is 23.4 Å². The highest BCUT2D eigenvalue weighted by Crippen LogP contribution is 2.33. The van der Waals surface area contributed by atoms with E-state index in [9.17, 15) is 0 Å². The van der Waals surface area contributed by atoms with E-state index in [-0.39, 0.29) is 0 Å². The zero-order valence-electron chi connectivity index (χ0n) is 11.8. The van der Waals surface area contributed by atoms with Crippen LogP contribution in [0.1, 0.15) is 44.6 Å². The summed E-state index contributed by atoms with van der Waals surface area (Å²) < 4.78 is 0. The highest BCUT2D eigenvalue weighted by molar-refractivity contribution is 7.99. The molecule has 0 amide bonds. The van der Waals surface area contributed by atoms with Gasteiger partial charge < -0.3 is 10.7 Å². The monoisotopic (exact) mass is 281 g/mol. The van der Waals surface area contributed by atoms with E-state index in [1.165, 1.54) is 19.3 Å². The van der Waals surface area contributed by atoms with Gasteiger partial charge in [-0.05, 0) is 25.0 Å². The van der Waals surface area contributed by atoms with Gasteiger partial charge in [-0.25, -0.2) is 15.8 Å². The van der Waals surface area contributed by atoms with Gasteiger partial charge in [-0.15, -0.1) is 0 Å². The minimum atomic E-state index is 0.323. The van der Waals surface area contributed by atoms with Crippen molar-refractivity contribution < 1.29 is 0 Å². The topological polar surface area (TPSA) is 75.9 Å². The Morgan fingerprint density at radius 1 is 1.32 bits per heavy atom. The summed E-state index contributed by atoms with van der Waals surface area (Å²) >= 11 is 1.94. The molecular formula is C13H23N5S. The molecule has 1 fully saturated rings. The second-order valence-corrected chi connectivity index (χ2v) is 6.32. The molecule has 0 radical (unpaired) electrons. The second kappa shape index (κ2) is 6.43. The number of hydrazine groups is 1. The Hall–Kier alpha value is -1.01. The molecule has 1 saturated carbocycles. The second-order valence-electron chi connectivity index (χ2n) is 5.24. The fourth-order valence-corrected chi connectivity index (χ4v) is 3.66. The Labute approximate surface area is 119 Å². The number of anilines is 2. The van der Waals surface area contributed by atoms with Crippen LogP contribution < -0.4 is 16.6 Å². The Balaban J connectivity index is 2.24. The first kappa shape index (κ1) is 14.4. The van der Waals surface area contributed by atoms with Crippen LogP contribution in [-0.2, 0) is 0 Å². The van der Waals surface area contributed by atoms with Crippen LogP contribution in [0, 0.1) is 0 Å². The van der Waals surface area contributed by atoms with Crippen molar-refractivity contribution in [1.29, 1.82) is 0 Å². The van der Waals surface area contributed by atoms with E-state index in [4.69, 9.17) is 5.84 Å². The third kappa shape index (κ3) is 3.12. The van der Waals surface area contributed by atoms with Gasteiger partial charge in [0.25, 0.3) is 0 Å². The van der Waals surface area contributed by atoms with Gasteiger partial charge in [-0.3, -0.25) is 0 Å². The van der Waals surface area contributed by atoms with E-state index < -0.39 is 0 Å². The van der Waals surface area contributed by atoms with Gasteiger partial charge in [0.05, 0.1) is 0 Å². The molecule has 2 atom stereocenters. The molecule has 1 aliphatic carbocycles. The summed E-state index contributed by atoms with van der Waals surface area (Å²) in [4.78, 5) is 8.61. The molecule has 2 rings (SSSR count). The largest absolute Gasteiger partial charge is 0.366 e. The van der Waals surface area contributed by atoms with Crippen molar-refractivity contribution in [3.63, 3.8) is 0 Å². The zero-order chi connectivity index (χ0) is 13.8. The summed E-state index contributed by atoms with van der Waals surface area (Å²) in [6.45, 7) is 4.26. The van der Waals surface area contributed by atoms with E-state index in [2.05, 4.69) is 40.8 Å². The SMILES string of the molecule is CSC1CCCC1Nc1ncnc(NN)c1C(C)C. The standard InChI is InChI=1S/C13H23N5S/c1-8(2)11-12(15-7-16-13(11)18-14)17-9-5-4-6-10(9)19-3/h7-10H,4-6,14H2,1-3H3,(H2,15,16,17,18). The number of hydrogen-bond donors (Lipinski definition) is 3. The predicted molar refractivity (Wildman–Crippen MR) is 82.5 cm³/mol. The lowest BCUT2D eigenvalue weighted by Crippen LogP contribution is -2.27. The molecule has 0 bridgehead atoms. The lowest BCUT2D eigenvalue weighted by molar-refractivity contribution is 0.752. The molecule has 106 valence electrons. The molecule has 1 aromatic rings. The normalized spacial score (nSPS) is 22.8.